The minimum atomic E-state index is -4.10. The number of nitrogens with one attached hydrogen (secondary N) is 1. The smallest absolute Gasteiger partial charge is 0.381 e. The van der Waals surface area contributed by atoms with E-state index in [1.807, 2.05) is 0 Å². The fourth-order valence-corrected chi connectivity index (χ4v) is 1.64. The number of hydrogen-bond donors (Lipinski definition) is 2. The minimum Gasteiger partial charge on any atom is -0.381 e. The third-order valence-electron chi connectivity index (χ3n) is 2.49. The van der Waals surface area contributed by atoms with Crippen molar-refractivity contribution in [2.24, 2.45) is 11.8 Å². The van der Waals surface area contributed by atoms with Crippen LogP contribution in [0.3, 0.4) is 0 Å². The summed E-state index contributed by atoms with van der Waals surface area (Å²) in [6.45, 7) is 1.13. The zero-order valence-electron chi connectivity index (χ0n) is 7.81. The molecule has 0 radical (unpaired) electrons. The molecule has 2 atom stereocenters. The van der Waals surface area contributed by atoms with Crippen molar-refractivity contribution in [3.8, 4) is 0 Å². The monoisotopic (exact) mass is 212 g/mol. The van der Waals surface area contributed by atoms with E-state index in [2.05, 4.69) is 5.43 Å². The van der Waals surface area contributed by atoms with Crippen molar-refractivity contribution < 1.29 is 17.9 Å². The first-order valence-corrected chi connectivity index (χ1v) is 4.63. The van der Waals surface area contributed by atoms with Crippen molar-refractivity contribution in [3.05, 3.63) is 0 Å². The minimum absolute atomic E-state index is 0.0219. The highest BCUT2D eigenvalue weighted by molar-refractivity contribution is 4.78. The van der Waals surface area contributed by atoms with Crippen molar-refractivity contribution in [3.63, 3.8) is 0 Å². The molecule has 3 N–H and O–H groups in total. The molecule has 0 aromatic carbocycles. The summed E-state index contributed by atoms with van der Waals surface area (Å²) in [6.07, 6.45) is -4.09. The number of halogens is 3. The predicted molar refractivity (Wildman–Crippen MR) is 45.3 cm³/mol. The standard InChI is InChI=1S/C8H15F3N2O/c9-8(10,11)3-1-7(13-12)6-2-4-14-5-6/h6-7,13H,1-5,12H2. The summed E-state index contributed by atoms with van der Waals surface area (Å²) in [5, 5.41) is 0. The first-order valence-electron chi connectivity index (χ1n) is 4.63. The molecule has 0 aromatic heterocycles. The summed E-state index contributed by atoms with van der Waals surface area (Å²) < 4.78 is 40.9. The first kappa shape index (κ1) is 11.7. The lowest BCUT2D eigenvalue weighted by Gasteiger charge is -2.21. The molecule has 2 unspecified atom stereocenters. The van der Waals surface area contributed by atoms with E-state index in [1.54, 1.807) is 0 Å². The Hall–Kier alpha value is -0.330. The van der Waals surface area contributed by atoms with Gasteiger partial charge in [-0.25, -0.2) is 0 Å². The molecule has 0 bridgehead atoms. The van der Waals surface area contributed by atoms with Gasteiger partial charge in [0.2, 0.25) is 0 Å². The zero-order chi connectivity index (χ0) is 10.6. The van der Waals surface area contributed by atoms with Gasteiger partial charge in [0.1, 0.15) is 0 Å². The van der Waals surface area contributed by atoms with Crippen LogP contribution in [0, 0.1) is 5.92 Å². The van der Waals surface area contributed by atoms with Gasteiger partial charge in [-0.2, -0.15) is 13.2 Å². The molecule has 1 fully saturated rings. The normalized spacial score (nSPS) is 25.3. The van der Waals surface area contributed by atoms with Crippen molar-refractivity contribution >= 4 is 0 Å². The third kappa shape index (κ3) is 3.81. The maximum Gasteiger partial charge on any atom is 0.389 e. The van der Waals surface area contributed by atoms with E-state index < -0.39 is 12.6 Å². The fraction of sp³-hybridized carbons (Fsp3) is 1.00. The van der Waals surface area contributed by atoms with E-state index in [1.165, 1.54) is 0 Å². The van der Waals surface area contributed by atoms with E-state index >= 15 is 0 Å². The Morgan fingerprint density at radius 3 is 2.64 bits per heavy atom. The summed E-state index contributed by atoms with van der Waals surface area (Å²) in [7, 11) is 0. The van der Waals surface area contributed by atoms with Gasteiger partial charge in [-0.05, 0) is 12.8 Å². The van der Waals surface area contributed by atoms with Crippen molar-refractivity contribution in [2.45, 2.75) is 31.5 Å². The Morgan fingerprint density at radius 1 is 1.50 bits per heavy atom. The van der Waals surface area contributed by atoms with Crippen LogP contribution in [0.2, 0.25) is 0 Å². The van der Waals surface area contributed by atoms with Crippen molar-refractivity contribution in [1.29, 1.82) is 0 Å². The molecule has 1 aliphatic rings. The maximum atomic E-state index is 11.9. The fourth-order valence-electron chi connectivity index (χ4n) is 1.64. The van der Waals surface area contributed by atoms with Crippen LogP contribution in [0.15, 0.2) is 0 Å². The summed E-state index contributed by atoms with van der Waals surface area (Å²) in [5.74, 6) is 5.32. The molecule has 0 spiro atoms. The third-order valence-corrected chi connectivity index (χ3v) is 2.49. The van der Waals surface area contributed by atoms with Gasteiger partial charge in [0.05, 0.1) is 6.61 Å². The van der Waals surface area contributed by atoms with E-state index in [0.717, 1.165) is 6.42 Å². The molecule has 6 heteroatoms. The number of rotatable bonds is 4. The summed E-state index contributed by atoms with van der Waals surface area (Å²) in [4.78, 5) is 0. The Morgan fingerprint density at radius 2 is 2.21 bits per heavy atom. The van der Waals surface area contributed by atoms with Crippen LogP contribution in [-0.4, -0.2) is 25.4 Å². The first-order chi connectivity index (χ1) is 6.53. The van der Waals surface area contributed by atoms with E-state index in [-0.39, 0.29) is 18.4 Å². The van der Waals surface area contributed by atoms with Gasteiger partial charge < -0.3 is 4.74 Å². The second-order valence-corrected chi connectivity index (χ2v) is 3.55. The Balaban J connectivity index is 2.31. The predicted octanol–water partition coefficient (Wildman–Crippen LogP) is 1.20. The molecule has 3 nitrogen and oxygen atoms in total. The Kier molecular flexibility index (Phi) is 4.15. The van der Waals surface area contributed by atoms with Crippen LogP contribution in [-0.2, 0) is 4.74 Å². The molecular weight excluding hydrogens is 197 g/mol. The average molecular weight is 212 g/mol. The number of ether oxygens (including phenoxy) is 1. The van der Waals surface area contributed by atoms with Gasteiger partial charge in [0.15, 0.2) is 0 Å². The van der Waals surface area contributed by atoms with E-state index in [4.69, 9.17) is 10.6 Å². The van der Waals surface area contributed by atoms with E-state index in [0.29, 0.717) is 13.2 Å². The lowest BCUT2D eigenvalue weighted by atomic mass is 9.95. The van der Waals surface area contributed by atoms with Gasteiger partial charge in [0, 0.05) is 25.0 Å². The maximum absolute atomic E-state index is 11.9. The van der Waals surface area contributed by atoms with Gasteiger partial charge in [-0.15, -0.1) is 0 Å². The molecule has 1 aliphatic heterocycles. The molecule has 14 heavy (non-hydrogen) atoms. The molecule has 0 aliphatic carbocycles. The Labute approximate surface area is 80.8 Å². The highest BCUT2D eigenvalue weighted by Gasteiger charge is 2.31. The van der Waals surface area contributed by atoms with Gasteiger partial charge in [-0.3, -0.25) is 11.3 Å². The molecule has 1 rings (SSSR count). The van der Waals surface area contributed by atoms with Crippen LogP contribution in [0.4, 0.5) is 13.2 Å². The van der Waals surface area contributed by atoms with Crippen LogP contribution < -0.4 is 11.3 Å². The Bertz CT molecular complexity index is 168. The van der Waals surface area contributed by atoms with Gasteiger partial charge in [0.25, 0.3) is 0 Å². The number of hydrazine groups is 1. The van der Waals surface area contributed by atoms with Crippen molar-refractivity contribution in [2.75, 3.05) is 13.2 Å². The topological polar surface area (TPSA) is 47.3 Å². The lowest BCUT2D eigenvalue weighted by molar-refractivity contribution is -0.137. The van der Waals surface area contributed by atoms with Crippen LogP contribution in [0.25, 0.3) is 0 Å². The summed E-state index contributed by atoms with van der Waals surface area (Å²) in [5.41, 5.74) is 2.44. The molecular formula is C8H15F3N2O. The highest BCUT2D eigenvalue weighted by atomic mass is 19.4. The summed E-state index contributed by atoms with van der Waals surface area (Å²) >= 11 is 0. The molecule has 0 aromatic rings. The number of nitrogens with two attached hydrogens (primary N) is 1. The SMILES string of the molecule is NNC(CCC(F)(F)F)C1CCOC1. The number of alkyl halides is 3. The lowest BCUT2D eigenvalue weighted by Crippen LogP contribution is -2.41. The quantitative estimate of drug-likeness (QED) is 0.543. The van der Waals surface area contributed by atoms with Crippen molar-refractivity contribution in [1.82, 2.24) is 5.43 Å². The zero-order valence-corrected chi connectivity index (χ0v) is 7.81. The highest BCUT2D eigenvalue weighted by Crippen LogP contribution is 2.26. The molecule has 0 amide bonds. The van der Waals surface area contributed by atoms with Gasteiger partial charge >= 0.3 is 6.18 Å². The van der Waals surface area contributed by atoms with Gasteiger partial charge in [-0.1, -0.05) is 0 Å². The van der Waals surface area contributed by atoms with Crippen LogP contribution >= 0.6 is 0 Å². The molecule has 1 heterocycles. The summed E-state index contributed by atoms with van der Waals surface area (Å²) in [6, 6.07) is -0.292. The largest absolute Gasteiger partial charge is 0.389 e. The molecule has 84 valence electrons. The second-order valence-electron chi connectivity index (χ2n) is 3.55. The average Bonchev–Trinajstić information content (AvgIpc) is 2.56. The molecule has 1 saturated heterocycles. The molecule has 0 saturated carbocycles. The van der Waals surface area contributed by atoms with E-state index in [9.17, 15) is 13.2 Å². The van der Waals surface area contributed by atoms with Crippen LogP contribution in [0.1, 0.15) is 19.3 Å². The second kappa shape index (κ2) is 4.95. The van der Waals surface area contributed by atoms with Crippen LogP contribution in [0.5, 0.6) is 0 Å². The number of hydrogen-bond acceptors (Lipinski definition) is 3.